The van der Waals surface area contributed by atoms with Crippen molar-refractivity contribution in [1.29, 1.82) is 0 Å². The van der Waals surface area contributed by atoms with Crippen molar-refractivity contribution in [2.75, 3.05) is 25.5 Å². The van der Waals surface area contributed by atoms with Crippen molar-refractivity contribution in [2.24, 2.45) is 0 Å². The van der Waals surface area contributed by atoms with E-state index in [4.69, 9.17) is 0 Å². The van der Waals surface area contributed by atoms with E-state index < -0.39 is 17.3 Å². The molecule has 0 atom stereocenters. The molecule has 1 aromatic heterocycles. The third kappa shape index (κ3) is 4.16. The lowest BCUT2D eigenvalue weighted by molar-refractivity contribution is 0.0136. The number of likely N-dealkylation sites (N-methyl/N-ethyl adjacent to an activating group) is 1. The fraction of sp³-hybridized carbons (Fsp3) is 0.304. The molecule has 0 saturated heterocycles. The van der Waals surface area contributed by atoms with Crippen LogP contribution in [0.5, 0.6) is 0 Å². The fourth-order valence-electron chi connectivity index (χ4n) is 3.68. The number of fused-ring (bicyclic) bond motifs is 1. The van der Waals surface area contributed by atoms with Crippen LogP contribution in [0.2, 0.25) is 0 Å². The molecule has 0 unspecified atom stereocenters. The molecule has 4 nitrogen and oxygen atoms in total. The summed E-state index contributed by atoms with van der Waals surface area (Å²) in [6, 6.07) is 10.1. The molecule has 2 heterocycles. The van der Waals surface area contributed by atoms with E-state index in [1.807, 2.05) is 12.1 Å². The van der Waals surface area contributed by atoms with E-state index in [0.29, 0.717) is 18.1 Å². The normalized spacial score (nSPS) is 15.3. The summed E-state index contributed by atoms with van der Waals surface area (Å²) in [5.41, 5.74) is 3.37. The second-order valence-corrected chi connectivity index (χ2v) is 7.75. The van der Waals surface area contributed by atoms with Gasteiger partial charge >= 0.3 is 0 Å². The Labute approximate surface area is 173 Å². The van der Waals surface area contributed by atoms with Gasteiger partial charge in [0.2, 0.25) is 0 Å². The highest BCUT2D eigenvalue weighted by Crippen LogP contribution is 2.31. The van der Waals surface area contributed by atoms with Gasteiger partial charge in [0.15, 0.2) is 0 Å². The average molecular weight is 412 g/mol. The van der Waals surface area contributed by atoms with Gasteiger partial charge in [-0.3, -0.25) is 0 Å². The molecule has 4 rings (SSSR count). The van der Waals surface area contributed by atoms with Crippen LogP contribution in [0.3, 0.4) is 0 Å². The molecule has 0 bridgehead atoms. The molecule has 30 heavy (non-hydrogen) atoms. The van der Waals surface area contributed by atoms with Gasteiger partial charge < -0.3 is 10.2 Å². The molecule has 2 aromatic carbocycles. The number of nitrogens with zero attached hydrogens (tertiary/aromatic N) is 3. The highest BCUT2D eigenvalue weighted by molar-refractivity contribution is 5.92. The maximum absolute atomic E-state index is 14.6. The number of benzene rings is 2. The number of anilines is 1. The Hall–Kier alpha value is -2.93. The highest BCUT2D eigenvalue weighted by atomic mass is 19.3. The molecule has 0 spiro atoms. The number of aromatic nitrogens is 2. The quantitative estimate of drug-likeness (QED) is 0.625. The summed E-state index contributed by atoms with van der Waals surface area (Å²) in [6.45, 7) is 2.67. The molecule has 1 aliphatic heterocycles. The minimum atomic E-state index is -3.23. The van der Waals surface area contributed by atoms with Crippen molar-refractivity contribution in [1.82, 2.24) is 15.1 Å². The summed E-state index contributed by atoms with van der Waals surface area (Å²) < 4.78 is 41.8. The number of rotatable bonds is 5. The first kappa shape index (κ1) is 20.3. The van der Waals surface area contributed by atoms with Crippen LogP contribution in [0, 0.1) is 5.82 Å². The first-order valence-electron chi connectivity index (χ1n) is 9.86. The Morgan fingerprint density at radius 1 is 1.20 bits per heavy atom. The molecular formula is C23H23F3N4. The van der Waals surface area contributed by atoms with Crippen molar-refractivity contribution < 1.29 is 13.2 Å². The summed E-state index contributed by atoms with van der Waals surface area (Å²) in [5.74, 6) is -4.12. The summed E-state index contributed by atoms with van der Waals surface area (Å²) in [6.07, 6.45) is 4.76. The van der Waals surface area contributed by atoms with E-state index in [9.17, 15) is 13.2 Å². The van der Waals surface area contributed by atoms with Gasteiger partial charge in [0, 0.05) is 37.5 Å². The monoisotopic (exact) mass is 412 g/mol. The zero-order valence-corrected chi connectivity index (χ0v) is 16.9. The van der Waals surface area contributed by atoms with Crippen LogP contribution in [0.1, 0.15) is 30.0 Å². The standard InChI is InChI=1S/C23H23F3N4/c1-23(25,26)19-5-3-4-17(22(19)24)13-27-21-14-28-29-20-7-6-16(12-18(20)21)15-8-10-30(2)11-9-15/h3-8,12,14H,9-11,13H2,1-2H3,(H,27,29). The maximum Gasteiger partial charge on any atom is 0.273 e. The van der Waals surface area contributed by atoms with Crippen molar-refractivity contribution in [3.63, 3.8) is 0 Å². The molecular weight excluding hydrogens is 389 g/mol. The van der Waals surface area contributed by atoms with Gasteiger partial charge in [0.1, 0.15) is 5.82 Å². The molecule has 0 fully saturated rings. The summed E-state index contributed by atoms with van der Waals surface area (Å²) >= 11 is 0. The van der Waals surface area contributed by atoms with Crippen LogP contribution in [0.15, 0.2) is 48.7 Å². The van der Waals surface area contributed by atoms with E-state index in [1.54, 1.807) is 6.20 Å². The Bertz CT molecular complexity index is 1110. The zero-order valence-electron chi connectivity index (χ0n) is 16.9. The van der Waals surface area contributed by atoms with Crippen molar-refractivity contribution in [2.45, 2.75) is 25.8 Å². The topological polar surface area (TPSA) is 41.1 Å². The second-order valence-electron chi connectivity index (χ2n) is 7.75. The average Bonchev–Trinajstić information content (AvgIpc) is 2.72. The lowest BCUT2D eigenvalue weighted by Crippen LogP contribution is -2.23. The zero-order chi connectivity index (χ0) is 21.3. The summed E-state index contributed by atoms with van der Waals surface area (Å²) in [5, 5.41) is 12.2. The second kappa shape index (κ2) is 8.07. The molecule has 0 aliphatic carbocycles. The van der Waals surface area contributed by atoms with Crippen molar-refractivity contribution in [3.05, 3.63) is 71.2 Å². The number of nitrogens with one attached hydrogen (secondary N) is 1. The lowest BCUT2D eigenvalue weighted by atomic mass is 9.98. The number of halogens is 3. The maximum atomic E-state index is 14.6. The van der Waals surface area contributed by atoms with E-state index in [-0.39, 0.29) is 12.1 Å². The Kier molecular flexibility index (Phi) is 5.47. The van der Waals surface area contributed by atoms with Gasteiger partial charge in [-0.05, 0) is 36.7 Å². The number of hydrogen-bond acceptors (Lipinski definition) is 4. The number of hydrogen-bond donors (Lipinski definition) is 1. The van der Waals surface area contributed by atoms with Gasteiger partial charge in [-0.1, -0.05) is 30.3 Å². The van der Waals surface area contributed by atoms with E-state index >= 15 is 0 Å². The Morgan fingerprint density at radius 2 is 2.03 bits per heavy atom. The summed E-state index contributed by atoms with van der Waals surface area (Å²) in [7, 11) is 2.09. The molecule has 0 saturated carbocycles. The van der Waals surface area contributed by atoms with Crippen LogP contribution in [-0.2, 0) is 12.5 Å². The molecule has 0 radical (unpaired) electrons. The minimum Gasteiger partial charge on any atom is -0.379 e. The molecule has 1 aliphatic rings. The fourth-order valence-corrected chi connectivity index (χ4v) is 3.68. The van der Waals surface area contributed by atoms with Crippen LogP contribution >= 0.6 is 0 Å². The summed E-state index contributed by atoms with van der Waals surface area (Å²) in [4.78, 5) is 2.26. The van der Waals surface area contributed by atoms with Gasteiger partial charge in [-0.2, -0.15) is 10.2 Å². The SMILES string of the molecule is CN1CC=C(c2ccc3nncc(NCc4cccc(C(C)(F)F)c4F)c3c2)CC1. The van der Waals surface area contributed by atoms with Crippen LogP contribution in [0.4, 0.5) is 18.9 Å². The first-order valence-corrected chi connectivity index (χ1v) is 9.86. The Balaban J connectivity index is 1.63. The Morgan fingerprint density at radius 3 is 2.77 bits per heavy atom. The molecule has 7 heteroatoms. The smallest absolute Gasteiger partial charge is 0.273 e. The van der Waals surface area contributed by atoms with Crippen molar-refractivity contribution in [3.8, 4) is 0 Å². The third-order valence-electron chi connectivity index (χ3n) is 5.44. The predicted octanol–water partition coefficient (Wildman–Crippen LogP) is 5.21. The van der Waals surface area contributed by atoms with E-state index in [0.717, 1.165) is 36.5 Å². The van der Waals surface area contributed by atoms with E-state index in [1.165, 1.54) is 17.7 Å². The van der Waals surface area contributed by atoms with Gasteiger partial charge in [0.05, 0.1) is 23.0 Å². The minimum absolute atomic E-state index is 0.0638. The van der Waals surface area contributed by atoms with Gasteiger partial charge in [0.25, 0.3) is 5.92 Å². The van der Waals surface area contributed by atoms with Crippen LogP contribution < -0.4 is 5.32 Å². The molecule has 0 amide bonds. The van der Waals surface area contributed by atoms with Gasteiger partial charge in [-0.25, -0.2) is 13.2 Å². The molecule has 1 N–H and O–H groups in total. The van der Waals surface area contributed by atoms with Crippen molar-refractivity contribution >= 4 is 22.2 Å². The molecule has 3 aromatic rings. The predicted molar refractivity (Wildman–Crippen MR) is 113 cm³/mol. The number of alkyl halides is 2. The first-order chi connectivity index (χ1) is 14.3. The third-order valence-corrected chi connectivity index (χ3v) is 5.44. The highest BCUT2D eigenvalue weighted by Gasteiger charge is 2.29. The molecule has 156 valence electrons. The largest absolute Gasteiger partial charge is 0.379 e. The van der Waals surface area contributed by atoms with E-state index in [2.05, 4.69) is 39.6 Å². The van der Waals surface area contributed by atoms with Crippen LogP contribution in [-0.4, -0.2) is 35.2 Å². The van der Waals surface area contributed by atoms with Gasteiger partial charge in [-0.15, -0.1) is 0 Å². The lowest BCUT2D eigenvalue weighted by Gasteiger charge is -2.22. The van der Waals surface area contributed by atoms with Crippen LogP contribution in [0.25, 0.3) is 16.5 Å².